The Kier molecular flexibility index (Phi) is 3.99. The Bertz CT molecular complexity index is 778. The van der Waals surface area contributed by atoms with E-state index in [0.717, 1.165) is 30.5 Å². The molecule has 2 amide bonds. The van der Waals surface area contributed by atoms with Gasteiger partial charge in [0, 0.05) is 48.9 Å². The molecule has 1 aliphatic carbocycles. The highest BCUT2D eigenvalue weighted by atomic mass is 16.2. The fourth-order valence-electron chi connectivity index (χ4n) is 3.81. The first kappa shape index (κ1) is 15.8. The molecule has 1 aliphatic heterocycles. The Labute approximate surface area is 147 Å². The number of benzene rings is 1. The van der Waals surface area contributed by atoms with Gasteiger partial charge >= 0.3 is 0 Å². The molecule has 2 atom stereocenters. The molecular formula is C20H21N3O2. The van der Waals surface area contributed by atoms with Crippen molar-refractivity contribution in [3.8, 4) is 0 Å². The number of rotatable bonds is 4. The van der Waals surface area contributed by atoms with E-state index in [-0.39, 0.29) is 23.1 Å². The van der Waals surface area contributed by atoms with E-state index in [4.69, 9.17) is 0 Å². The Morgan fingerprint density at radius 3 is 2.68 bits per heavy atom. The van der Waals surface area contributed by atoms with Gasteiger partial charge in [0.2, 0.25) is 5.91 Å². The highest BCUT2D eigenvalue weighted by Crippen LogP contribution is 2.58. The lowest BCUT2D eigenvalue weighted by atomic mass is 10.0. The Hall–Kier alpha value is -2.69. The third-order valence-electron chi connectivity index (χ3n) is 5.42. The fourth-order valence-corrected chi connectivity index (χ4v) is 3.81. The van der Waals surface area contributed by atoms with E-state index in [2.05, 4.69) is 10.3 Å². The standard InChI is InChI=1S/C20H21N3O2/c24-18(22-13-15-6-9-21-10-7-15)17-12-20(17)8-11-23(14-20)19(25)16-4-2-1-3-5-16/h1-7,9-10,17H,8,11-14H2,(H,22,24). The summed E-state index contributed by atoms with van der Waals surface area (Å²) in [7, 11) is 0. The van der Waals surface area contributed by atoms with E-state index in [1.165, 1.54) is 0 Å². The second-order valence-corrected chi connectivity index (χ2v) is 7.04. The normalized spacial score (nSPS) is 24.3. The summed E-state index contributed by atoms with van der Waals surface area (Å²) in [5.41, 5.74) is 1.76. The van der Waals surface area contributed by atoms with Gasteiger partial charge in [0.1, 0.15) is 0 Å². The van der Waals surface area contributed by atoms with Crippen LogP contribution in [0.2, 0.25) is 0 Å². The van der Waals surface area contributed by atoms with Gasteiger partial charge < -0.3 is 10.2 Å². The smallest absolute Gasteiger partial charge is 0.253 e. The number of pyridine rings is 1. The lowest BCUT2D eigenvalue weighted by molar-refractivity contribution is -0.123. The first-order valence-electron chi connectivity index (χ1n) is 8.69. The van der Waals surface area contributed by atoms with Crippen LogP contribution in [0, 0.1) is 11.3 Å². The van der Waals surface area contributed by atoms with Crippen LogP contribution < -0.4 is 5.32 Å². The van der Waals surface area contributed by atoms with Crippen molar-refractivity contribution in [1.82, 2.24) is 15.2 Å². The number of carbonyl (C=O) groups is 2. The van der Waals surface area contributed by atoms with Crippen LogP contribution in [-0.4, -0.2) is 34.8 Å². The molecule has 1 saturated carbocycles. The van der Waals surface area contributed by atoms with Crippen molar-refractivity contribution in [1.29, 1.82) is 0 Å². The van der Waals surface area contributed by atoms with Crippen LogP contribution in [0.15, 0.2) is 54.9 Å². The van der Waals surface area contributed by atoms with Crippen molar-refractivity contribution in [2.45, 2.75) is 19.4 Å². The lowest BCUT2D eigenvalue weighted by Crippen LogP contribution is -2.31. The molecule has 4 rings (SSSR count). The largest absolute Gasteiger partial charge is 0.352 e. The van der Waals surface area contributed by atoms with Crippen LogP contribution in [-0.2, 0) is 11.3 Å². The Morgan fingerprint density at radius 2 is 1.92 bits per heavy atom. The van der Waals surface area contributed by atoms with E-state index in [1.807, 2.05) is 47.4 Å². The van der Waals surface area contributed by atoms with E-state index in [1.54, 1.807) is 12.4 Å². The van der Waals surface area contributed by atoms with Crippen molar-refractivity contribution < 1.29 is 9.59 Å². The number of carbonyl (C=O) groups excluding carboxylic acids is 2. The summed E-state index contributed by atoms with van der Waals surface area (Å²) in [4.78, 5) is 30.9. The molecule has 5 heteroatoms. The van der Waals surface area contributed by atoms with Gasteiger partial charge in [0.15, 0.2) is 0 Å². The molecule has 0 bridgehead atoms. The second-order valence-electron chi connectivity index (χ2n) is 7.04. The van der Waals surface area contributed by atoms with Crippen molar-refractivity contribution in [2.75, 3.05) is 13.1 Å². The van der Waals surface area contributed by atoms with Gasteiger partial charge in [-0.2, -0.15) is 0 Å². The minimum absolute atomic E-state index is 0.00718. The third-order valence-corrected chi connectivity index (χ3v) is 5.42. The molecule has 2 heterocycles. The van der Waals surface area contributed by atoms with Crippen molar-refractivity contribution in [2.24, 2.45) is 11.3 Å². The molecular weight excluding hydrogens is 314 g/mol. The second kappa shape index (κ2) is 6.31. The molecule has 25 heavy (non-hydrogen) atoms. The third kappa shape index (κ3) is 3.14. The minimum atomic E-state index is -0.00718. The van der Waals surface area contributed by atoms with Gasteiger partial charge in [-0.25, -0.2) is 0 Å². The number of hydrogen-bond acceptors (Lipinski definition) is 3. The van der Waals surface area contributed by atoms with Gasteiger partial charge in [-0.1, -0.05) is 18.2 Å². The summed E-state index contributed by atoms with van der Waals surface area (Å²) < 4.78 is 0. The van der Waals surface area contributed by atoms with Crippen molar-refractivity contribution >= 4 is 11.8 Å². The highest BCUT2D eigenvalue weighted by molar-refractivity contribution is 5.94. The van der Waals surface area contributed by atoms with Gasteiger partial charge in [0.25, 0.3) is 5.91 Å². The summed E-state index contributed by atoms with van der Waals surface area (Å²) >= 11 is 0. The highest BCUT2D eigenvalue weighted by Gasteiger charge is 2.61. The average Bonchev–Trinajstić information content (AvgIpc) is 3.21. The summed E-state index contributed by atoms with van der Waals surface area (Å²) in [5, 5.41) is 3.02. The molecule has 1 spiro atoms. The van der Waals surface area contributed by atoms with Crippen LogP contribution in [0.25, 0.3) is 0 Å². The Balaban J connectivity index is 1.33. The van der Waals surface area contributed by atoms with Crippen LogP contribution in [0.1, 0.15) is 28.8 Å². The summed E-state index contributed by atoms with van der Waals surface area (Å²) in [6.45, 7) is 1.95. The monoisotopic (exact) mass is 335 g/mol. The molecule has 1 N–H and O–H groups in total. The number of amides is 2. The minimum Gasteiger partial charge on any atom is -0.352 e. The predicted molar refractivity (Wildman–Crippen MR) is 93.6 cm³/mol. The molecule has 5 nitrogen and oxygen atoms in total. The Morgan fingerprint density at radius 1 is 1.16 bits per heavy atom. The summed E-state index contributed by atoms with van der Waals surface area (Å²) in [6.07, 6.45) is 5.25. The zero-order chi connectivity index (χ0) is 17.3. The number of nitrogens with one attached hydrogen (secondary N) is 1. The van der Waals surface area contributed by atoms with Gasteiger partial charge in [-0.3, -0.25) is 14.6 Å². The lowest BCUT2D eigenvalue weighted by Gasteiger charge is -2.16. The zero-order valence-electron chi connectivity index (χ0n) is 14.0. The first-order valence-corrected chi connectivity index (χ1v) is 8.69. The van der Waals surface area contributed by atoms with Gasteiger partial charge in [-0.05, 0) is 42.7 Å². The first-order chi connectivity index (χ1) is 12.2. The fraction of sp³-hybridized carbons (Fsp3) is 0.350. The average molecular weight is 335 g/mol. The maximum atomic E-state index is 12.6. The molecule has 2 aliphatic rings. The molecule has 1 saturated heterocycles. The quantitative estimate of drug-likeness (QED) is 0.932. The molecule has 128 valence electrons. The molecule has 2 fully saturated rings. The van der Waals surface area contributed by atoms with Crippen molar-refractivity contribution in [3.05, 3.63) is 66.0 Å². The topological polar surface area (TPSA) is 62.3 Å². The van der Waals surface area contributed by atoms with Crippen molar-refractivity contribution in [3.63, 3.8) is 0 Å². The van der Waals surface area contributed by atoms with E-state index < -0.39 is 0 Å². The van der Waals surface area contributed by atoms with Crippen LogP contribution in [0.5, 0.6) is 0 Å². The maximum Gasteiger partial charge on any atom is 0.253 e. The molecule has 1 aromatic carbocycles. The zero-order valence-corrected chi connectivity index (χ0v) is 14.0. The SMILES string of the molecule is O=C(NCc1ccncc1)C1CC12CCN(C(=O)c1ccccc1)C2. The number of nitrogens with zero attached hydrogens (tertiary/aromatic N) is 2. The number of likely N-dealkylation sites (tertiary alicyclic amines) is 1. The van der Waals surface area contributed by atoms with E-state index >= 15 is 0 Å². The van der Waals surface area contributed by atoms with Gasteiger partial charge in [-0.15, -0.1) is 0 Å². The molecule has 1 aromatic heterocycles. The summed E-state index contributed by atoms with van der Waals surface area (Å²) in [6, 6.07) is 13.2. The van der Waals surface area contributed by atoms with Gasteiger partial charge in [0.05, 0.1) is 0 Å². The molecule has 2 aromatic rings. The number of hydrogen-bond donors (Lipinski definition) is 1. The van der Waals surface area contributed by atoms with Crippen LogP contribution in [0.4, 0.5) is 0 Å². The van der Waals surface area contributed by atoms with Crippen LogP contribution >= 0.6 is 0 Å². The van der Waals surface area contributed by atoms with Crippen LogP contribution in [0.3, 0.4) is 0 Å². The number of aromatic nitrogens is 1. The molecule has 2 unspecified atom stereocenters. The predicted octanol–water partition coefficient (Wildman–Crippen LogP) is 2.25. The van der Waals surface area contributed by atoms with E-state index in [0.29, 0.717) is 13.1 Å². The summed E-state index contributed by atoms with van der Waals surface area (Å²) in [5.74, 6) is 0.203. The molecule has 0 radical (unpaired) electrons. The maximum absolute atomic E-state index is 12.6. The van der Waals surface area contributed by atoms with E-state index in [9.17, 15) is 9.59 Å².